The zero-order chi connectivity index (χ0) is 12.9. The van der Waals surface area contributed by atoms with Gasteiger partial charge in [-0.1, -0.05) is 6.92 Å². The minimum absolute atomic E-state index is 0.0108. The van der Waals surface area contributed by atoms with E-state index < -0.39 is 17.3 Å². The molecule has 0 bridgehead atoms. The summed E-state index contributed by atoms with van der Waals surface area (Å²) in [5, 5.41) is 2.81. The summed E-state index contributed by atoms with van der Waals surface area (Å²) in [6, 6.07) is 1.36. The fourth-order valence-corrected chi connectivity index (χ4v) is 1.55. The molecule has 0 saturated heterocycles. The van der Waals surface area contributed by atoms with Gasteiger partial charge in [0.05, 0.1) is 11.8 Å². The number of hydrogen-bond donors (Lipinski definition) is 2. The standard InChI is InChI=1S/C12H18FN3O/c1-3-12(2,5-6-14)16-11(17)9-4-7-15-8-10(9)13/h4,7-8H,3,5-6,14H2,1-2H3,(H,16,17). The van der Waals surface area contributed by atoms with Crippen molar-refractivity contribution in [1.29, 1.82) is 0 Å². The number of nitrogens with zero attached hydrogens (tertiary/aromatic N) is 1. The van der Waals surface area contributed by atoms with E-state index in [0.29, 0.717) is 13.0 Å². The third kappa shape index (κ3) is 3.49. The summed E-state index contributed by atoms with van der Waals surface area (Å²) in [6.45, 7) is 4.33. The summed E-state index contributed by atoms with van der Waals surface area (Å²) in [5.74, 6) is -1.04. The first-order chi connectivity index (χ1) is 8.02. The van der Waals surface area contributed by atoms with E-state index in [4.69, 9.17) is 5.73 Å². The van der Waals surface area contributed by atoms with E-state index in [1.54, 1.807) is 0 Å². The SMILES string of the molecule is CCC(C)(CCN)NC(=O)c1ccncc1F. The molecule has 1 heterocycles. The topological polar surface area (TPSA) is 68.0 Å². The molecule has 1 unspecified atom stereocenters. The minimum Gasteiger partial charge on any atom is -0.347 e. The Bertz CT molecular complexity index is 397. The van der Waals surface area contributed by atoms with E-state index in [1.165, 1.54) is 12.3 Å². The number of nitrogens with one attached hydrogen (secondary N) is 1. The van der Waals surface area contributed by atoms with Crippen molar-refractivity contribution in [2.45, 2.75) is 32.2 Å². The maximum absolute atomic E-state index is 13.4. The highest BCUT2D eigenvalue weighted by Crippen LogP contribution is 2.15. The summed E-state index contributed by atoms with van der Waals surface area (Å²) in [5.41, 5.74) is 5.11. The second kappa shape index (κ2) is 5.72. The lowest BCUT2D eigenvalue weighted by Crippen LogP contribution is -2.47. The Morgan fingerprint density at radius 3 is 2.88 bits per heavy atom. The van der Waals surface area contributed by atoms with Gasteiger partial charge in [0, 0.05) is 11.7 Å². The van der Waals surface area contributed by atoms with Gasteiger partial charge in [-0.05, 0) is 32.4 Å². The summed E-state index contributed by atoms with van der Waals surface area (Å²) in [4.78, 5) is 15.5. The Morgan fingerprint density at radius 2 is 2.35 bits per heavy atom. The molecule has 0 fully saturated rings. The van der Waals surface area contributed by atoms with Crippen molar-refractivity contribution in [3.63, 3.8) is 0 Å². The van der Waals surface area contributed by atoms with Crippen molar-refractivity contribution in [3.05, 3.63) is 29.8 Å². The van der Waals surface area contributed by atoms with Gasteiger partial charge in [0.15, 0.2) is 5.82 Å². The van der Waals surface area contributed by atoms with Gasteiger partial charge in [-0.15, -0.1) is 0 Å². The van der Waals surface area contributed by atoms with Crippen LogP contribution in [0, 0.1) is 5.82 Å². The van der Waals surface area contributed by atoms with Gasteiger partial charge in [0.2, 0.25) is 0 Å². The van der Waals surface area contributed by atoms with Crippen LogP contribution in [0.1, 0.15) is 37.0 Å². The summed E-state index contributed by atoms with van der Waals surface area (Å²) < 4.78 is 13.4. The number of hydrogen-bond acceptors (Lipinski definition) is 3. The molecular formula is C12H18FN3O. The highest BCUT2D eigenvalue weighted by atomic mass is 19.1. The molecule has 0 aliphatic heterocycles. The first-order valence-corrected chi connectivity index (χ1v) is 5.64. The maximum atomic E-state index is 13.4. The third-order valence-electron chi connectivity index (χ3n) is 2.91. The number of amides is 1. The van der Waals surface area contributed by atoms with Gasteiger partial charge in [-0.3, -0.25) is 9.78 Å². The molecule has 5 heteroatoms. The van der Waals surface area contributed by atoms with E-state index in [9.17, 15) is 9.18 Å². The average molecular weight is 239 g/mol. The van der Waals surface area contributed by atoms with E-state index in [-0.39, 0.29) is 5.56 Å². The second-order valence-corrected chi connectivity index (χ2v) is 4.26. The first kappa shape index (κ1) is 13.6. The zero-order valence-electron chi connectivity index (χ0n) is 10.2. The highest BCUT2D eigenvalue weighted by molar-refractivity contribution is 5.94. The molecular weight excluding hydrogens is 221 g/mol. The molecule has 94 valence electrons. The van der Waals surface area contributed by atoms with Crippen LogP contribution in [0.2, 0.25) is 0 Å². The molecule has 0 saturated carbocycles. The van der Waals surface area contributed by atoms with Crippen molar-refractivity contribution < 1.29 is 9.18 Å². The Balaban J connectivity index is 2.82. The number of carbonyl (C=O) groups excluding carboxylic acids is 1. The fraction of sp³-hybridized carbons (Fsp3) is 0.500. The molecule has 0 radical (unpaired) electrons. The van der Waals surface area contributed by atoms with Gasteiger partial charge in [0.1, 0.15) is 0 Å². The molecule has 0 aromatic carbocycles. The maximum Gasteiger partial charge on any atom is 0.254 e. The largest absolute Gasteiger partial charge is 0.347 e. The lowest BCUT2D eigenvalue weighted by atomic mass is 9.94. The lowest BCUT2D eigenvalue weighted by Gasteiger charge is -2.29. The molecule has 1 atom stereocenters. The van der Waals surface area contributed by atoms with Crippen molar-refractivity contribution in [3.8, 4) is 0 Å². The molecule has 0 spiro atoms. The van der Waals surface area contributed by atoms with E-state index in [1.807, 2.05) is 13.8 Å². The molecule has 1 amide bonds. The number of carbonyl (C=O) groups is 1. The summed E-state index contributed by atoms with van der Waals surface area (Å²) in [6.07, 6.45) is 3.82. The Hall–Kier alpha value is -1.49. The van der Waals surface area contributed by atoms with Crippen LogP contribution < -0.4 is 11.1 Å². The van der Waals surface area contributed by atoms with E-state index in [2.05, 4.69) is 10.3 Å². The Morgan fingerprint density at radius 1 is 1.65 bits per heavy atom. The molecule has 17 heavy (non-hydrogen) atoms. The number of pyridine rings is 1. The predicted molar refractivity (Wildman–Crippen MR) is 64.0 cm³/mol. The molecule has 1 rings (SSSR count). The quantitative estimate of drug-likeness (QED) is 0.817. The van der Waals surface area contributed by atoms with Gasteiger partial charge >= 0.3 is 0 Å². The van der Waals surface area contributed by atoms with Crippen LogP contribution in [0.3, 0.4) is 0 Å². The van der Waals surface area contributed by atoms with Gasteiger partial charge in [0.25, 0.3) is 5.91 Å². The van der Waals surface area contributed by atoms with Gasteiger partial charge < -0.3 is 11.1 Å². The Labute approximate surface area is 100 Å². The molecule has 4 nitrogen and oxygen atoms in total. The van der Waals surface area contributed by atoms with Crippen LogP contribution in [0.15, 0.2) is 18.5 Å². The third-order valence-corrected chi connectivity index (χ3v) is 2.91. The van der Waals surface area contributed by atoms with Crippen LogP contribution in [0.25, 0.3) is 0 Å². The molecule has 1 aromatic heterocycles. The number of rotatable bonds is 5. The van der Waals surface area contributed by atoms with Gasteiger partial charge in [-0.25, -0.2) is 4.39 Å². The minimum atomic E-state index is -0.615. The van der Waals surface area contributed by atoms with Crippen LogP contribution in [0.5, 0.6) is 0 Å². The van der Waals surface area contributed by atoms with Crippen LogP contribution in [-0.4, -0.2) is 23.0 Å². The van der Waals surface area contributed by atoms with Crippen LogP contribution in [0.4, 0.5) is 4.39 Å². The lowest BCUT2D eigenvalue weighted by molar-refractivity contribution is 0.0895. The predicted octanol–water partition coefficient (Wildman–Crippen LogP) is 1.47. The number of halogens is 1. The summed E-state index contributed by atoms with van der Waals surface area (Å²) >= 11 is 0. The molecule has 0 aliphatic rings. The van der Waals surface area contributed by atoms with E-state index >= 15 is 0 Å². The van der Waals surface area contributed by atoms with Crippen LogP contribution in [-0.2, 0) is 0 Å². The summed E-state index contributed by atoms with van der Waals surface area (Å²) in [7, 11) is 0. The smallest absolute Gasteiger partial charge is 0.254 e. The average Bonchev–Trinajstić information content (AvgIpc) is 2.29. The number of nitrogens with two attached hydrogens (primary N) is 1. The Kier molecular flexibility index (Phi) is 4.57. The first-order valence-electron chi connectivity index (χ1n) is 5.64. The highest BCUT2D eigenvalue weighted by Gasteiger charge is 2.25. The zero-order valence-corrected chi connectivity index (χ0v) is 10.2. The van der Waals surface area contributed by atoms with Crippen molar-refractivity contribution in [1.82, 2.24) is 10.3 Å². The molecule has 1 aromatic rings. The van der Waals surface area contributed by atoms with Crippen molar-refractivity contribution in [2.24, 2.45) is 5.73 Å². The van der Waals surface area contributed by atoms with Crippen molar-refractivity contribution in [2.75, 3.05) is 6.54 Å². The monoisotopic (exact) mass is 239 g/mol. The fourth-order valence-electron chi connectivity index (χ4n) is 1.55. The number of aromatic nitrogens is 1. The van der Waals surface area contributed by atoms with Crippen molar-refractivity contribution >= 4 is 5.91 Å². The molecule has 0 aliphatic carbocycles. The van der Waals surface area contributed by atoms with Gasteiger partial charge in [-0.2, -0.15) is 0 Å². The van der Waals surface area contributed by atoms with E-state index in [0.717, 1.165) is 12.6 Å². The second-order valence-electron chi connectivity index (χ2n) is 4.26. The molecule has 3 N–H and O–H groups in total. The normalized spacial score (nSPS) is 14.1. The van der Waals surface area contributed by atoms with Crippen LogP contribution >= 0.6 is 0 Å².